The molecular formula is C31H40ClN3O4S. The molecule has 9 heteroatoms. The molecule has 6 atom stereocenters. The molecule has 7 nitrogen and oxygen atoms in total. The van der Waals surface area contributed by atoms with E-state index in [2.05, 4.69) is 21.4 Å². The minimum absolute atomic E-state index is 0.0479. The fourth-order valence-corrected chi connectivity index (χ4v) is 9.11. The van der Waals surface area contributed by atoms with E-state index >= 15 is 0 Å². The monoisotopic (exact) mass is 585 g/mol. The third-order valence-electron chi connectivity index (χ3n) is 9.67. The van der Waals surface area contributed by atoms with E-state index in [9.17, 15) is 14.1 Å². The number of aliphatic hydroxyl groups excluding tert-OH is 1. The number of halogens is 1. The van der Waals surface area contributed by atoms with Crippen LogP contribution in [-0.4, -0.2) is 46.8 Å². The number of nitrogens with zero attached hydrogens (tertiary/aromatic N) is 2. The van der Waals surface area contributed by atoms with Gasteiger partial charge >= 0.3 is 0 Å². The highest BCUT2D eigenvalue weighted by Crippen LogP contribution is 2.47. The number of hydrogen-bond acceptors (Lipinski definition) is 5. The molecular weight excluding hydrogens is 546 g/mol. The zero-order chi connectivity index (χ0) is 28.1. The number of nitrogens with two attached hydrogens (primary N) is 1. The van der Waals surface area contributed by atoms with Crippen LogP contribution >= 0.6 is 11.6 Å². The Morgan fingerprint density at radius 3 is 2.80 bits per heavy atom. The first-order chi connectivity index (χ1) is 19.1. The molecule has 2 aromatic rings. The number of aryl methyl sites for hydroxylation is 1. The van der Waals surface area contributed by atoms with Crippen LogP contribution in [0.3, 0.4) is 0 Å². The maximum Gasteiger partial charge on any atom is 0.286 e. The summed E-state index contributed by atoms with van der Waals surface area (Å²) in [5, 5.41) is 18.0. The second-order valence-corrected chi connectivity index (χ2v) is 15.0. The molecule has 2 aromatic carbocycles. The van der Waals surface area contributed by atoms with E-state index in [1.165, 1.54) is 11.1 Å². The topological polar surface area (TPSA) is 105 Å². The highest BCUT2D eigenvalue weighted by atomic mass is 35.5. The van der Waals surface area contributed by atoms with Gasteiger partial charge in [0, 0.05) is 34.8 Å². The van der Waals surface area contributed by atoms with Crippen molar-refractivity contribution in [3.63, 3.8) is 0 Å². The van der Waals surface area contributed by atoms with Crippen LogP contribution in [0.5, 0.6) is 5.75 Å². The van der Waals surface area contributed by atoms with Gasteiger partial charge in [-0.1, -0.05) is 31.0 Å². The predicted octanol–water partition coefficient (Wildman–Crippen LogP) is 5.50. The zero-order valence-electron chi connectivity index (χ0n) is 23.2. The summed E-state index contributed by atoms with van der Waals surface area (Å²) >= 11 is 6.38. The van der Waals surface area contributed by atoms with Gasteiger partial charge in [-0.05, 0) is 104 Å². The molecule has 1 fully saturated rings. The summed E-state index contributed by atoms with van der Waals surface area (Å²) in [7, 11) is -3.17. The molecule has 2 bridgehead atoms. The number of rotatable bonds is 0. The summed E-state index contributed by atoms with van der Waals surface area (Å²) in [4.78, 5) is 15.6. The molecule has 40 heavy (non-hydrogen) atoms. The average Bonchev–Trinajstić information content (AvgIpc) is 3.02. The lowest BCUT2D eigenvalue weighted by molar-refractivity contribution is 0.00868. The van der Waals surface area contributed by atoms with Gasteiger partial charge in [0.05, 0.1) is 18.4 Å². The summed E-state index contributed by atoms with van der Waals surface area (Å²) in [6.45, 7) is 4.04. The van der Waals surface area contributed by atoms with E-state index < -0.39 is 15.8 Å². The quantitative estimate of drug-likeness (QED) is 0.425. The molecule has 0 saturated heterocycles. The van der Waals surface area contributed by atoms with Crippen molar-refractivity contribution in [3.8, 4) is 5.75 Å². The Morgan fingerprint density at radius 1 is 1.15 bits per heavy atom. The Kier molecular flexibility index (Phi) is 7.66. The minimum atomic E-state index is -3.17. The summed E-state index contributed by atoms with van der Waals surface area (Å²) < 4.78 is 23.6. The van der Waals surface area contributed by atoms with Crippen LogP contribution in [0.2, 0.25) is 5.02 Å². The molecule has 0 radical (unpaired) electrons. The summed E-state index contributed by atoms with van der Waals surface area (Å²) in [6, 6.07) is 11.6. The Bertz CT molecular complexity index is 1420. The Hall–Kier alpha value is -2.13. The van der Waals surface area contributed by atoms with Crippen molar-refractivity contribution >= 4 is 33.1 Å². The molecule has 1 spiro atoms. The Balaban J connectivity index is 1.43. The van der Waals surface area contributed by atoms with Gasteiger partial charge in [0.1, 0.15) is 15.7 Å². The normalized spacial score (nSPS) is 34.5. The molecule has 1 saturated carbocycles. The molecule has 6 rings (SSSR count). The molecule has 2 heterocycles. The van der Waals surface area contributed by atoms with E-state index in [1.807, 2.05) is 25.1 Å². The van der Waals surface area contributed by atoms with Gasteiger partial charge in [0.25, 0.3) is 5.91 Å². The summed E-state index contributed by atoms with van der Waals surface area (Å²) in [6.07, 6.45) is 7.14. The van der Waals surface area contributed by atoms with E-state index in [0.29, 0.717) is 18.1 Å². The molecule has 2 aliphatic heterocycles. The van der Waals surface area contributed by atoms with E-state index in [-0.39, 0.29) is 29.1 Å². The van der Waals surface area contributed by atoms with Crippen molar-refractivity contribution in [2.75, 3.05) is 30.3 Å². The lowest BCUT2D eigenvalue weighted by Gasteiger charge is -2.45. The van der Waals surface area contributed by atoms with Crippen LogP contribution in [-0.2, 0) is 21.8 Å². The number of carbonyl (C=O) groups excluding carboxylic acids is 1. The molecule has 3 N–H and O–H groups in total. The van der Waals surface area contributed by atoms with Crippen LogP contribution in [0.4, 0.5) is 5.69 Å². The molecule has 216 valence electrons. The lowest BCUT2D eigenvalue weighted by Crippen LogP contribution is -2.49. The lowest BCUT2D eigenvalue weighted by atomic mass is 9.68. The SMILES string of the molecule is C[C@H]1CCC[C@H](O)[C@@H]2CC[C@H]2CN2C[C@@]3(CCCc4cc(Cl)ccc43)COc3ccc(cc32)C(=O)N=S(N)(=O)C1. The number of ether oxygens (including phenoxy) is 1. The maximum absolute atomic E-state index is 13.2. The maximum atomic E-state index is 13.2. The second-order valence-electron chi connectivity index (χ2n) is 12.6. The first-order valence-corrected chi connectivity index (χ1v) is 16.8. The number of anilines is 1. The van der Waals surface area contributed by atoms with E-state index in [4.69, 9.17) is 21.5 Å². The smallest absolute Gasteiger partial charge is 0.286 e. The van der Waals surface area contributed by atoms with Crippen LogP contribution in [0.15, 0.2) is 40.8 Å². The largest absolute Gasteiger partial charge is 0.490 e. The van der Waals surface area contributed by atoms with Crippen molar-refractivity contribution in [3.05, 3.63) is 58.1 Å². The first-order valence-electron chi connectivity index (χ1n) is 14.7. The molecule has 4 aliphatic rings. The highest BCUT2D eigenvalue weighted by Gasteiger charge is 2.44. The van der Waals surface area contributed by atoms with Gasteiger partial charge < -0.3 is 14.7 Å². The van der Waals surface area contributed by atoms with Crippen LogP contribution < -0.4 is 14.8 Å². The van der Waals surface area contributed by atoms with Crippen molar-refractivity contribution in [2.45, 2.75) is 69.8 Å². The number of aliphatic hydroxyl groups is 1. The number of fused-ring (bicyclic) bond motifs is 4. The summed E-state index contributed by atoms with van der Waals surface area (Å²) in [5.74, 6) is 1.00. The Morgan fingerprint density at radius 2 is 2.00 bits per heavy atom. The standard InChI is InChI=1S/C31H40ClN3O4S/c1-20-4-2-6-28(36)25-10-7-23(25)16-35-18-31(13-3-5-21-14-24(32)9-11-26(21)31)19-39-29-12-8-22(15-27(29)35)30(37)34-40(33,38)17-20/h8-9,11-12,14-15,20,23,25,28,36H,2-7,10,13,16-19H2,1H3,(H2,33,34,37,38)/t20-,23-,25+,28-,31-,40?/m0/s1. The first kappa shape index (κ1) is 28.0. The van der Waals surface area contributed by atoms with Crippen molar-refractivity contribution < 1.29 is 18.8 Å². The van der Waals surface area contributed by atoms with Gasteiger partial charge in [0.15, 0.2) is 0 Å². The third-order valence-corrected chi connectivity index (χ3v) is 11.4. The average molecular weight is 586 g/mol. The van der Waals surface area contributed by atoms with Crippen molar-refractivity contribution in [1.29, 1.82) is 0 Å². The van der Waals surface area contributed by atoms with Gasteiger partial charge in [-0.15, -0.1) is 4.36 Å². The number of amides is 1. The van der Waals surface area contributed by atoms with Gasteiger partial charge in [-0.25, -0.2) is 9.35 Å². The highest BCUT2D eigenvalue weighted by molar-refractivity contribution is 7.91. The van der Waals surface area contributed by atoms with E-state index in [0.717, 1.165) is 80.9 Å². The number of carbonyl (C=O) groups is 1. The Labute approximate surface area is 242 Å². The molecule has 0 aromatic heterocycles. The molecule has 1 unspecified atom stereocenters. The molecule has 1 amide bonds. The zero-order valence-corrected chi connectivity index (χ0v) is 24.8. The van der Waals surface area contributed by atoms with Crippen LogP contribution in [0.1, 0.15) is 73.4 Å². The van der Waals surface area contributed by atoms with Crippen molar-refractivity contribution in [1.82, 2.24) is 0 Å². The fourth-order valence-electron chi connectivity index (χ4n) is 7.47. The predicted molar refractivity (Wildman–Crippen MR) is 159 cm³/mol. The van der Waals surface area contributed by atoms with Crippen molar-refractivity contribution in [2.24, 2.45) is 27.3 Å². The van der Waals surface area contributed by atoms with Crippen LogP contribution in [0, 0.1) is 17.8 Å². The van der Waals surface area contributed by atoms with Gasteiger partial charge in [-0.3, -0.25) is 4.79 Å². The minimum Gasteiger partial charge on any atom is -0.490 e. The van der Waals surface area contributed by atoms with Crippen LogP contribution in [0.25, 0.3) is 0 Å². The number of hydrogen-bond donors (Lipinski definition) is 2. The van der Waals surface area contributed by atoms with Gasteiger partial charge in [-0.2, -0.15) is 0 Å². The second kappa shape index (κ2) is 10.9. The third kappa shape index (κ3) is 5.52. The number of benzene rings is 2. The molecule has 2 aliphatic carbocycles. The van der Waals surface area contributed by atoms with E-state index in [1.54, 1.807) is 6.07 Å². The fraction of sp³-hybridized carbons (Fsp3) is 0.581. The van der Waals surface area contributed by atoms with Gasteiger partial charge in [0.2, 0.25) is 0 Å². The summed E-state index contributed by atoms with van der Waals surface area (Å²) in [5.41, 5.74) is 3.56.